The van der Waals surface area contributed by atoms with E-state index >= 15 is 0 Å². The first-order valence-electron chi connectivity index (χ1n) is 6.70. The van der Waals surface area contributed by atoms with Crippen LogP contribution in [-0.2, 0) is 0 Å². The van der Waals surface area contributed by atoms with E-state index in [4.69, 9.17) is 0 Å². The zero-order valence-corrected chi connectivity index (χ0v) is 11.1. The number of likely N-dealkylation sites (N-methyl/N-ethyl adjacent to an activating group) is 1. The van der Waals surface area contributed by atoms with Crippen LogP contribution in [0.3, 0.4) is 0 Å². The van der Waals surface area contributed by atoms with Crippen molar-refractivity contribution in [3.63, 3.8) is 0 Å². The maximum absolute atomic E-state index is 4.40. The van der Waals surface area contributed by atoms with E-state index < -0.39 is 0 Å². The van der Waals surface area contributed by atoms with E-state index in [9.17, 15) is 0 Å². The third-order valence-corrected chi connectivity index (χ3v) is 3.44. The zero-order valence-electron chi connectivity index (χ0n) is 11.1. The van der Waals surface area contributed by atoms with Crippen LogP contribution in [0.1, 0.15) is 13.3 Å². The van der Waals surface area contributed by atoms with Crippen molar-refractivity contribution in [3.05, 3.63) is 0 Å². The van der Waals surface area contributed by atoms with E-state index in [0.717, 1.165) is 25.6 Å². The highest BCUT2D eigenvalue weighted by molar-refractivity contribution is 5.81. The van der Waals surface area contributed by atoms with E-state index in [1.54, 1.807) is 0 Å². The summed E-state index contributed by atoms with van der Waals surface area (Å²) in [5, 5.41) is 6.70. The van der Waals surface area contributed by atoms with Crippen LogP contribution in [0.2, 0.25) is 0 Å². The number of guanidine groups is 1. The highest BCUT2D eigenvalue weighted by Crippen LogP contribution is 2.00. The van der Waals surface area contributed by atoms with Crippen LogP contribution in [0.15, 0.2) is 4.99 Å². The van der Waals surface area contributed by atoms with Gasteiger partial charge in [0.1, 0.15) is 0 Å². The molecule has 0 aliphatic carbocycles. The highest BCUT2D eigenvalue weighted by atomic mass is 15.3. The van der Waals surface area contributed by atoms with Crippen LogP contribution in [0.5, 0.6) is 0 Å². The van der Waals surface area contributed by atoms with Crippen LogP contribution in [0, 0.1) is 0 Å². The molecule has 2 aliphatic heterocycles. The molecule has 0 bridgehead atoms. The minimum atomic E-state index is 0.490. The fourth-order valence-corrected chi connectivity index (χ4v) is 2.32. The van der Waals surface area contributed by atoms with Crippen molar-refractivity contribution in [3.8, 4) is 0 Å². The second kappa shape index (κ2) is 6.21. The Kier molecular flexibility index (Phi) is 4.62. The highest BCUT2D eigenvalue weighted by Gasteiger charge is 2.13. The molecule has 0 saturated carbocycles. The van der Waals surface area contributed by atoms with Gasteiger partial charge in [-0.3, -0.25) is 4.99 Å². The van der Waals surface area contributed by atoms with Gasteiger partial charge in [0, 0.05) is 32.2 Å². The molecule has 1 atom stereocenters. The van der Waals surface area contributed by atoms with Crippen molar-refractivity contribution in [1.82, 2.24) is 20.4 Å². The molecular formula is C12H25N5. The lowest BCUT2D eigenvalue weighted by molar-refractivity contribution is 0.280. The molecule has 1 unspecified atom stereocenters. The number of nitrogens with one attached hydrogen (secondary N) is 2. The number of nitrogens with zero attached hydrogens (tertiary/aromatic N) is 3. The molecule has 2 rings (SSSR count). The Labute approximate surface area is 104 Å². The molecule has 17 heavy (non-hydrogen) atoms. The predicted octanol–water partition coefficient (Wildman–Crippen LogP) is -0.439. The Morgan fingerprint density at radius 3 is 3.00 bits per heavy atom. The predicted molar refractivity (Wildman–Crippen MR) is 71.5 cm³/mol. The minimum absolute atomic E-state index is 0.490. The van der Waals surface area contributed by atoms with E-state index in [1.165, 1.54) is 32.6 Å². The van der Waals surface area contributed by atoms with Gasteiger partial charge >= 0.3 is 0 Å². The maximum atomic E-state index is 4.40. The molecule has 0 aromatic carbocycles. The zero-order chi connectivity index (χ0) is 12.1. The van der Waals surface area contributed by atoms with Gasteiger partial charge < -0.3 is 20.4 Å². The fraction of sp³-hybridized carbons (Fsp3) is 0.917. The van der Waals surface area contributed by atoms with Gasteiger partial charge in [-0.25, -0.2) is 0 Å². The summed E-state index contributed by atoms with van der Waals surface area (Å²) in [5.41, 5.74) is 0. The lowest BCUT2D eigenvalue weighted by Crippen LogP contribution is -2.42. The van der Waals surface area contributed by atoms with Crippen molar-refractivity contribution in [2.45, 2.75) is 19.4 Å². The van der Waals surface area contributed by atoms with E-state index in [1.807, 2.05) is 0 Å². The van der Waals surface area contributed by atoms with Gasteiger partial charge in [-0.2, -0.15) is 0 Å². The van der Waals surface area contributed by atoms with Gasteiger partial charge in [-0.15, -0.1) is 0 Å². The van der Waals surface area contributed by atoms with E-state index in [-0.39, 0.29) is 0 Å². The molecule has 1 fully saturated rings. The van der Waals surface area contributed by atoms with Crippen LogP contribution in [0.4, 0.5) is 0 Å². The summed E-state index contributed by atoms with van der Waals surface area (Å²) in [4.78, 5) is 9.35. The Morgan fingerprint density at radius 1 is 1.35 bits per heavy atom. The quantitative estimate of drug-likeness (QED) is 0.701. The van der Waals surface area contributed by atoms with Gasteiger partial charge in [-0.05, 0) is 33.5 Å². The minimum Gasteiger partial charge on any atom is -0.355 e. The lowest BCUT2D eigenvalue weighted by Gasteiger charge is -2.20. The third-order valence-electron chi connectivity index (χ3n) is 3.44. The SMILES string of the molecule is CC1CN=C(NCCN2CCCN(C)CC2)N1. The van der Waals surface area contributed by atoms with Gasteiger partial charge in [0.15, 0.2) is 5.96 Å². The lowest BCUT2D eigenvalue weighted by atomic mass is 10.4. The maximum Gasteiger partial charge on any atom is 0.191 e. The summed E-state index contributed by atoms with van der Waals surface area (Å²) in [6, 6.07) is 0.490. The Balaban J connectivity index is 1.61. The molecule has 98 valence electrons. The molecule has 0 aromatic heterocycles. The third kappa shape index (κ3) is 4.16. The van der Waals surface area contributed by atoms with E-state index in [2.05, 4.69) is 39.4 Å². The van der Waals surface area contributed by atoms with Crippen LogP contribution >= 0.6 is 0 Å². The molecule has 5 heteroatoms. The van der Waals surface area contributed by atoms with Crippen molar-refractivity contribution in [1.29, 1.82) is 0 Å². The second-order valence-electron chi connectivity index (χ2n) is 5.16. The molecular weight excluding hydrogens is 214 g/mol. The Morgan fingerprint density at radius 2 is 2.24 bits per heavy atom. The molecule has 5 nitrogen and oxygen atoms in total. The van der Waals surface area contributed by atoms with Crippen molar-refractivity contribution < 1.29 is 0 Å². The van der Waals surface area contributed by atoms with Crippen LogP contribution < -0.4 is 10.6 Å². The van der Waals surface area contributed by atoms with Crippen LogP contribution in [0.25, 0.3) is 0 Å². The van der Waals surface area contributed by atoms with Gasteiger partial charge in [-0.1, -0.05) is 0 Å². The molecule has 2 heterocycles. The van der Waals surface area contributed by atoms with Gasteiger partial charge in [0.25, 0.3) is 0 Å². The first-order valence-corrected chi connectivity index (χ1v) is 6.70. The summed E-state index contributed by atoms with van der Waals surface area (Å²) in [7, 11) is 2.21. The molecule has 0 aromatic rings. The topological polar surface area (TPSA) is 42.9 Å². The summed E-state index contributed by atoms with van der Waals surface area (Å²) in [6.45, 7) is 9.99. The Bertz CT molecular complexity index is 266. The average Bonchev–Trinajstić information content (AvgIpc) is 2.59. The standard InChI is InChI=1S/C12H25N5/c1-11-10-14-12(15-11)13-4-7-17-6-3-5-16(2)8-9-17/h11H,3-10H2,1-2H3,(H2,13,14,15). The monoisotopic (exact) mass is 239 g/mol. The van der Waals surface area contributed by atoms with Crippen molar-refractivity contribution in [2.24, 2.45) is 4.99 Å². The van der Waals surface area contributed by atoms with Gasteiger partial charge in [0.05, 0.1) is 6.54 Å². The van der Waals surface area contributed by atoms with E-state index in [0.29, 0.717) is 6.04 Å². The largest absolute Gasteiger partial charge is 0.355 e. The molecule has 2 N–H and O–H groups in total. The van der Waals surface area contributed by atoms with Gasteiger partial charge in [0.2, 0.25) is 0 Å². The first-order chi connectivity index (χ1) is 8.24. The van der Waals surface area contributed by atoms with Crippen molar-refractivity contribution in [2.75, 3.05) is 52.9 Å². The average molecular weight is 239 g/mol. The summed E-state index contributed by atoms with van der Waals surface area (Å²) >= 11 is 0. The summed E-state index contributed by atoms with van der Waals surface area (Å²) < 4.78 is 0. The summed E-state index contributed by atoms with van der Waals surface area (Å²) in [6.07, 6.45) is 1.28. The van der Waals surface area contributed by atoms with Crippen LogP contribution in [-0.4, -0.2) is 74.7 Å². The second-order valence-corrected chi connectivity index (χ2v) is 5.16. The Hall–Kier alpha value is -0.810. The van der Waals surface area contributed by atoms with Crippen molar-refractivity contribution >= 4 is 5.96 Å². The normalized spacial score (nSPS) is 27.4. The molecule has 1 saturated heterocycles. The molecule has 2 aliphatic rings. The number of rotatable bonds is 3. The smallest absolute Gasteiger partial charge is 0.191 e. The number of hydrogen-bond donors (Lipinski definition) is 2. The molecule has 0 amide bonds. The fourth-order valence-electron chi connectivity index (χ4n) is 2.32. The number of aliphatic imine (C=N–C) groups is 1. The summed E-state index contributed by atoms with van der Waals surface area (Å²) in [5.74, 6) is 0.976. The first kappa shape index (κ1) is 12.6. The number of hydrogen-bond acceptors (Lipinski definition) is 5. The molecule has 0 spiro atoms. The molecule has 0 radical (unpaired) electrons.